The van der Waals surface area contributed by atoms with Crippen molar-refractivity contribution >= 4 is 5.82 Å². The highest BCUT2D eigenvalue weighted by Crippen LogP contribution is 2.19. The van der Waals surface area contributed by atoms with Gasteiger partial charge in [0.15, 0.2) is 11.6 Å². The summed E-state index contributed by atoms with van der Waals surface area (Å²) in [6.07, 6.45) is 5.51. The Balaban J connectivity index is 2.26. The van der Waals surface area contributed by atoms with E-state index in [2.05, 4.69) is 24.1 Å². The van der Waals surface area contributed by atoms with Crippen LogP contribution in [0.5, 0.6) is 5.75 Å². The zero-order chi connectivity index (χ0) is 11.8. The summed E-state index contributed by atoms with van der Waals surface area (Å²) in [5, 5.41) is 3.30. The average Bonchev–Trinajstić information content (AvgIpc) is 2.29. The molecular weight excluding hydrogens is 200 g/mol. The summed E-state index contributed by atoms with van der Waals surface area (Å²) in [6, 6.07) is 3.80. The van der Waals surface area contributed by atoms with Crippen molar-refractivity contribution in [2.75, 3.05) is 19.0 Å². The quantitative estimate of drug-likeness (QED) is 0.718. The Morgan fingerprint density at radius 2 is 2.19 bits per heavy atom. The Morgan fingerprint density at radius 3 is 2.88 bits per heavy atom. The molecule has 0 atom stereocenters. The van der Waals surface area contributed by atoms with Gasteiger partial charge in [0.25, 0.3) is 0 Å². The van der Waals surface area contributed by atoms with Crippen LogP contribution in [-0.2, 0) is 0 Å². The van der Waals surface area contributed by atoms with E-state index in [4.69, 9.17) is 4.74 Å². The molecule has 0 aromatic carbocycles. The summed E-state index contributed by atoms with van der Waals surface area (Å²) in [5.41, 5.74) is 0. The molecular formula is C13H22N2O. The molecule has 0 bridgehead atoms. The van der Waals surface area contributed by atoms with Gasteiger partial charge < -0.3 is 10.1 Å². The van der Waals surface area contributed by atoms with Gasteiger partial charge in [0.1, 0.15) is 0 Å². The number of anilines is 1. The summed E-state index contributed by atoms with van der Waals surface area (Å²) in [5.74, 6) is 2.45. The molecule has 0 spiro atoms. The zero-order valence-corrected chi connectivity index (χ0v) is 10.5. The van der Waals surface area contributed by atoms with Crippen LogP contribution in [0, 0.1) is 5.92 Å². The van der Waals surface area contributed by atoms with Crippen molar-refractivity contribution in [3.63, 3.8) is 0 Å². The van der Waals surface area contributed by atoms with Gasteiger partial charge >= 0.3 is 0 Å². The number of unbranched alkanes of at least 4 members (excludes halogenated alkanes) is 1. The third-order valence-electron chi connectivity index (χ3n) is 2.49. The van der Waals surface area contributed by atoms with Gasteiger partial charge in [-0.05, 0) is 24.5 Å². The van der Waals surface area contributed by atoms with Crippen molar-refractivity contribution in [3.05, 3.63) is 18.3 Å². The van der Waals surface area contributed by atoms with E-state index in [-0.39, 0.29) is 0 Å². The lowest BCUT2D eigenvalue weighted by molar-refractivity contribution is 0.414. The van der Waals surface area contributed by atoms with Crippen molar-refractivity contribution in [2.24, 2.45) is 5.92 Å². The molecule has 90 valence electrons. The summed E-state index contributed by atoms with van der Waals surface area (Å²) in [4.78, 5) is 4.25. The van der Waals surface area contributed by atoms with E-state index < -0.39 is 0 Å². The minimum Gasteiger partial charge on any atom is -0.493 e. The molecule has 0 aliphatic carbocycles. The molecule has 16 heavy (non-hydrogen) atoms. The van der Waals surface area contributed by atoms with Crippen molar-refractivity contribution in [1.82, 2.24) is 4.98 Å². The number of methoxy groups -OCH3 is 1. The van der Waals surface area contributed by atoms with Crippen LogP contribution in [0.3, 0.4) is 0 Å². The topological polar surface area (TPSA) is 34.1 Å². The highest BCUT2D eigenvalue weighted by atomic mass is 16.5. The van der Waals surface area contributed by atoms with Crippen molar-refractivity contribution in [3.8, 4) is 5.75 Å². The molecule has 1 heterocycles. The fraction of sp³-hybridized carbons (Fsp3) is 0.615. The van der Waals surface area contributed by atoms with Crippen LogP contribution in [0.1, 0.15) is 33.1 Å². The molecule has 0 saturated carbocycles. The molecule has 0 radical (unpaired) electrons. The van der Waals surface area contributed by atoms with Gasteiger partial charge in [0, 0.05) is 12.7 Å². The highest BCUT2D eigenvalue weighted by molar-refractivity contribution is 5.49. The molecule has 3 nitrogen and oxygen atoms in total. The summed E-state index contributed by atoms with van der Waals surface area (Å²) in [7, 11) is 1.67. The van der Waals surface area contributed by atoms with Crippen molar-refractivity contribution < 1.29 is 4.74 Å². The number of hydrogen-bond acceptors (Lipinski definition) is 3. The number of nitrogens with one attached hydrogen (secondary N) is 1. The Labute approximate surface area is 98.2 Å². The SMILES string of the molecule is COc1cccnc1NCCCCC(C)C. The van der Waals surface area contributed by atoms with Crippen LogP contribution in [0.4, 0.5) is 5.82 Å². The van der Waals surface area contributed by atoms with E-state index in [1.54, 1.807) is 13.3 Å². The van der Waals surface area contributed by atoms with Crippen molar-refractivity contribution in [1.29, 1.82) is 0 Å². The first kappa shape index (κ1) is 12.8. The maximum atomic E-state index is 5.22. The maximum Gasteiger partial charge on any atom is 0.168 e. The molecule has 0 aliphatic rings. The second-order valence-electron chi connectivity index (χ2n) is 4.37. The van der Waals surface area contributed by atoms with Gasteiger partial charge in [0.05, 0.1) is 7.11 Å². The second kappa shape index (κ2) is 7.09. The number of hydrogen-bond donors (Lipinski definition) is 1. The first-order valence-corrected chi connectivity index (χ1v) is 5.97. The van der Waals surface area contributed by atoms with Gasteiger partial charge in [-0.15, -0.1) is 0 Å². The van der Waals surface area contributed by atoms with Crippen LogP contribution in [0.2, 0.25) is 0 Å². The molecule has 0 saturated heterocycles. The van der Waals surface area contributed by atoms with E-state index in [9.17, 15) is 0 Å². The lowest BCUT2D eigenvalue weighted by Crippen LogP contribution is -2.05. The predicted octanol–water partition coefficient (Wildman–Crippen LogP) is 3.33. The third-order valence-corrected chi connectivity index (χ3v) is 2.49. The largest absolute Gasteiger partial charge is 0.493 e. The standard InChI is InChI=1S/C13H22N2O/c1-11(2)7-4-5-9-14-13-12(16-3)8-6-10-15-13/h6,8,10-11H,4-5,7,9H2,1-3H3,(H,14,15). The zero-order valence-electron chi connectivity index (χ0n) is 10.5. The molecule has 0 unspecified atom stereocenters. The van der Waals surface area contributed by atoms with Gasteiger partial charge in [0.2, 0.25) is 0 Å². The summed E-state index contributed by atoms with van der Waals surface area (Å²) >= 11 is 0. The van der Waals surface area contributed by atoms with E-state index in [0.717, 1.165) is 24.0 Å². The third kappa shape index (κ3) is 4.51. The monoisotopic (exact) mass is 222 g/mol. The van der Waals surface area contributed by atoms with Crippen LogP contribution in [0.15, 0.2) is 18.3 Å². The van der Waals surface area contributed by atoms with Crippen LogP contribution in [0.25, 0.3) is 0 Å². The first-order chi connectivity index (χ1) is 7.74. The van der Waals surface area contributed by atoms with Crippen LogP contribution in [-0.4, -0.2) is 18.6 Å². The normalized spacial score (nSPS) is 10.5. The lowest BCUT2D eigenvalue weighted by atomic mass is 10.1. The molecule has 1 N–H and O–H groups in total. The average molecular weight is 222 g/mol. The fourth-order valence-electron chi connectivity index (χ4n) is 1.57. The second-order valence-corrected chi connectivity index (χ2v) is 4.37. The molecule has 1 rings (SSSR count). The number of rotatable bonds is 7. The summed E-state index contributed by atoms with van der Waals surface area (Å²) < 4.78 is 5.22. The lowest BCUT2D eigenvalue weighted by Gasteiger charge is -2.09. The van der Waals surface area contributed by atoms with E-state index in [1.165, 1.54) is 19.3 Å². The molecule has 1 aromatic rings. The fourth-order valence-corrected chi connectivity index (χ4v) is 1.57. The van der Waals surface area contributed by atoms with Crippen LogP contribution < -0.4 is 10.1 Å². The number of pyridine rings is 1. The predicted molar refractivity (Wildman–Crippen MR) is 68.0 cm³/mol. The molecule has 0 amide bonds. The number of aromatic nitrogens is 1. The minimum absolute atomic E-state index is 0.796. The number of ether oxygens (including phenoxy) is 1. The van der Waals surface area contributed by atoms with Gasteiger partial charge in [-0.2, -0.15) is 0 Å². The Bertz CT molecular complexity index is 300. The Kier molecular flexibility index (Phi) is 5.68. The van der Waals surface area contributed by atoms with Gasteiger partial charge in [-0.3, -0.25) is 0 Å². The minimum atomic E-state index is 0.796. The number of nitrogens with zero attached hydrogens (tertiary/aromatic N) is 1. The molecule has 1 aromatic heterocycles. The van der Waals surface area contributed by atoms with E-state index in [0.29, 0.717) is 0 Å². The molecule has 3 heteroatoms. The van der Waals surface area contributed by atoms with Crippen LogP contribution >= 0.6 is 0 Å². The Hall–Kier alpha value is -1.25. The van der Waals surface area contributed by atoms with Gasteiger partial charge in [-0.25, -0.2) is 4.98 Å². The highest BCUT2D eigenvalue weighted by Gasteiger charge is 2.01. The molecule has 0 aliphatic heterocycles. The molecule has 0 fully saturated rings. The smallest absolute Gasteiger partial charge is 0.168 e. The van der Waals surface area contributed by atoms with E-state index in [1.807, 2.05) is 12.1 Å². The Morgan fingerprint density at radius 1 is 1.38 bits per heavy atom. The first-order valence-electron chi connectivity index (χ1n) is 5.97. The van der Waals surface area contributed by atoms with E-state index >= 15 is 0 Å². The maximum absolute atomic E-state index is 5.22. The van der Waals surface area contributed by atoms with Crippen molar-refractivity contribution in [2.45, 2.75) is 33.1 Å². The van der Waals surface area contributed by atoms with Gasteiger partial charge in [-0.1, -0.05) is 26.7 Å². The summed E-state index contributed by atoms with van der Waals surface area (Å²) in [6.45, 7) is 5.48.